The average Bonchev–Trinajstić information content (AvgIpc) is 1.51. The van der Waals surface area contributed by atoms with Gasteiger partial charge in [0.15, 0.2) is 11.6 Å². The molecule has 0 atom stereocenters. The molecule has 1 N–H and O–H groups in total. The van der Waals surface area contributed by atoms with Crippen molar-refractivity contribution in [1.29, 1.82) is 15.8 Å². The molecule has 2 aliphatic carbocycles. The molecule has 0 fully saturated rings. The lowest BCUT2D eigenvalue weighted by atomic mass is 9.96. The number of nitriles is 3. The Balaban J connectivity index is 1.13. The van der Waals surface area contributed by atoms with Crippen LogP contribution in [0.2, 0.25) is 0 Å². The second kappa shape index (κ2) is 26.3. The Labute approximate surface area is 557 Å². The Morgan fingerprint density at radius 3 is 1.66 bits per heavy atom. The summed E-state index contributed by atoms with van der Waals surface area (Å²) in [5.74, 6) is 28.1. The highest BCUT2D eigenvalue weighted by molar-refractivity contribution is 7.34. The molecule has 456 valence electrons. The highest BCUT2D eigenvalue weighted by atomic mass is 32.1. The number of aryl methyl sites for hydroxylation is 5. The zero-order valence-corrected chi connectivity index (χ0v) is 56.9. The number of ketones is 2. The van der Waals surface area contributed by atoms with Crippen molar-refractivity contribution in [3.63, 3.8) is 0 Å². The van der Waals surface area contributed by atoms with E-state index < -0.39 is 0 Å². The van der Waals surface area contributed by atoms with Crippen molar-refractivity contribution in [2.75, 3.05) is 0 Å². The Kier molecular flexibility index (Phi) is 17.9. The SMILES string of the molecule is [C-]#[N+]/C(C#N)=C1/C(=C/c2sc3c(sc4c5c6nsnc6c6c7sc8c(C#CC#CC#CC#CC#CC)c(/C=C9\C(=O)c%10cc(C)c(C)cc%10C9=C(C#N)C#N)[nH]c8c7n(CC(C)C)c6c5n(CC(C)C)c34)c2CCCCCCCCCCC)C(=O)c2cc(C)c(C)cc21. The summed E-state index contributed by atoms with van der Waals surface area (Å²) < 4.78 is 20.6. The molecule has 0 saturated heterocycles. The zero-order chi connectivity index (χ0) is 65.5. The Bertz CT molecular complexity index is 5580. The third-order valence-electron chi connectivity index (χ3n) is 17.6. The molecule has 15 heteroatoms. The molecule has 0 unspecified atom stereocenters. The number of allylic oxidation sites excluding steroid dienone is 6. The minimum atomic E-state index is -0.297. The van der Waals surface area contributed by atoms with Gasteiger partial charge in [0.05, 0.1) is 86.7 Å². The quantitative estimate of drug-likeness (QED) is 0.0331. The molecule has 93 heavy (non-hydrogen) atoms. The predicted octanol–water partition coefficient (Wildman–Crippen LogP) is 19.2. The molecule has 12 rings (SSSR count). The van der Waals surface area contributed by atoms with Crippen LogP contribution in [-0.4, -0.2) is 34.4 Å². The first-order chi connectivity index (χ1) is 45.1. The molecule has 7 aromatic heterocycles. The summed E-state index contributed by atoms with van der Waals surface area (Å²) in [5.41, 5.74) is 15.8. The van der Waals surface area contributed by atoms with Crippen LogP contribution in [0.5, 0.6) is 0 Å². The normalized spacial score (nSPS) is 13.9. The third-order valence-corrected chi connectivity index (χ3v) is 22.0. The van der Waals surface area contributed by atoms with Crippen molar-refractivity contribution < 1.29 is 9.59 Å². The fourth-order valence-electron chi connectivity index (χ4n) is 13.2. The largest absolute Gasteiger partial charge is 0.351 e. The van der Waals surface area contributed by atoms with E-state index in [9.17, 15) is 25.4 Å². The number of thiophene rings is 3. The van der Waals surface area contributed by atoms with Crippen LogP contribution in [0.25, 0.3) is 101 Å². The van der Waals surface area contributed by atoms with Crippen molar-refractivity contribution in [2.24, 2.45) is 11.8 Å². The number of rotatable bonds is 16. The van der Waals surface area contributed by atoms with E-state index >= 15 is 0 Å². The van der Waals surface area contributed by atoms with E-state index in [4.69, 9.17) is 15.3 Å². The fourth-order valence-corrected chi connectivity index (χ4v) is 18.1. The number of nitrogens with one attached hydrogen (secondary N) is 1. The van der Waals surface area contributed by atoms with Gasteiger partial charge in [-0.2, -0.15) is 19.3 Å². The van der Waals surface area contributed by atoms with Crippen LogP contribution >= 0.6 is 45.7 Å². The number of carbonyl (C=O) groups excluding carboxylic acids is 2. The predicted molar refractivity (Wildman–Crippen MR) is 384 cm³/mol. The molecule has 0 bridgehead atoms. The smallest absolute Gasteiger partial charge is 0.270 e. The summed E-state index contributed by atoms with van der Waals surface area (Å²) in [6, 6.07) is 13.9. The number of unbranched alkanes of at least 4 members (excludes halogenated alkanes) is 8. The molecule has 0 saturated carbocycles. The summed E-state index contributed by atoms with van der Waals surface area (Å²) in [6.45, 7) is 30.2. The summed E-state index contributed by atoms with van der Waals surface area (Å²) in [7, 11) is 0. The second-order valence-electron chi connectivity index (χ2n) is 24.8. The van der Waals surface area contributed by atoms with Gasteiger partial charge in [-0.25, -0.2) is 10.1 Å². The van der Waals surface area contributed by atoms with E-state index in [1.165, 1.54) is 60.5 Å². The number of fused-ring (bicyclic) bond motifs is 16. The molecular formula is C78H63N9O2S4. The lowest BCUT2D eigenvalue weighted by molar-refractivity contribution is 0.103. The minimum Gasteiger partial charge on any atom is -0.351 e. The number of benzene rings is 3. The van der Waals surface area contributed by atoms with Gasteiger partial charge in [-0.05, 0) is 176 Å². The molecule has 11 nitrogen and oxygen atoms in total. The van der Waals surface area contributed by atoms with Gasteiger partial charge in [-0.3, -0.25) is 9.59 Å². The van der Waals surface area contributed by atoms with Gasteiger partial charge in [-0.15, -0.1) is 34.0 Å². The van der Waals surface area contributed by atoms with Gasteiger partial charge < -0.3 is 14.1 Å². The van der Waals surface area contributed by atoms with E-state index in [-0.39, 0.29) is 45.8 Å². The maximum absolute atomic E-state index is 14.8. The van der Waals surface area contributed by atoms with Crippen molar-refractivity contribution in [3.8, 4) is 77.4 Å². The highest BCUT2D eigenvalue weighted by Crippen LogP contribution is 2.55. The van der Waals surface area contributed by atoms with Gasteiger partial charge in [0.2, 0.25) is 0 Å². The molecule has 0 aliphatic heterocycles. The number of nitrogens with zero attached hydrogens (tertiary/aromatic N) is 8. The molecule has 0 spiro atoms. The minimum absolute atomic E-state index is 0.0922. The molecule has 2 aliphatic rings. The highest BCUT2D eigenvalue weighted by Gasteiger charge is 2.37. The Hall–Kier alpha value is -9.96. The van der Waals surface area contributed by atoms with Crippen LogP contribution in [0.1, 0.15) is 175 Å². The van der Waals surface area contributed by atoms with E-state index in [0.29, 0.717) is 57.7 Å². The Morgan fingerprint density at radius 2 is 1.11 bits per heavy atom. The van der Waals surface area contributed by atoms with Crippen LogP contribution in [0.15, 0.2) is 46.7 Å². The van der Waals surface area contributed by atoms with E-state index in [1.54, 1.807) is 47.0 Å². The summed E-state index contributed by atoms with van der Waals surface area (Å²) in [5, 5.41) is 33.4. The molecule has 7 heterocycles. The van der Waals surface area contributed by atoms with Crippen LogP contribution in [0.4, 0.5) is 0 Å². The van der Waals surface area contributed by atoms with Gasteiger partial charge >= 0.3 is 0 Å². The molecule has 10 aromatic rings. The maximum Gasteiger partial charge on any atom is 0.270 e. The van der Waals surface area contributed by atoms with Gasteiger partial charge in [0.25, 0.3) is 5.70 Å². The Morgan fingerprint density at radius 1 is 0.602 bits per heavy atom. The van der Waals surface area contributed by atoms with Crippen LogP contribution in [0.3, 0.4) is 0 Å². The summed E-state index contributed by atoms with van der Waals surface area (Å²) >= 11 is 6.29. The number of Topliss-reactive ketones (excluding diaryl/α,β-unsaturated/α-hetero) is 2. The zero-order valence-electron chi connectivity index (χ0n) is 53.6. The number of H-pyrrole nitrogens is 1. The first-order valence-electron chi connectivity index (χ1n) is 31.5. The van der Waals surface area contributed by atoms with Crippen LogP contribution < -0.4 is 0 Å². The van der Waals surface area contributed by atoms with E-state index in [2.05, 4.69) is 131 Å². The molecule has 0 amide bonds. The van der Waals surface area contributed by atoms with Gasteiger partial charge in [0.1, 0.15) is 28.7 Å². The van der Waals surface area contributed by atoms with Crippen molar-refractivity contribution in [2.45, 2.75) is 147 Å². The third kappa shape index (κ3) is 11.1. The molecule has 0 radical (unpaired) electrons. The van der Waals surface area contributed by atoms with E-state index in [1.807, 2.05) is 58.0 Å². The van der Waals surface area contributed by atoms with Gasteiger partial charge in [0, 0.05) is 62.2 Å². The number of carbonyl (C=O) groups is 2. The standard InChI is InChI=1S/C78H63N9O2S4/c1-12-14-16-18-20-22-24-26-28-30-50-58(36-56-61(49(38-79)39-80)52-32-45(7)47(9)34-54(52)72(56)88)83-67-70-76(91-74(50)67)63-65-66(85-93-84-65)64-69(68(63)86(70)41-43(3)4)87(42-44(5)6)71-77(64)92-75-51(31-29-27-25-23-21-19-17-15-13-2)60(90-78(71)75)37-57-62(59(40-81)82-11)53-33-46(8)48(10)35-55(53)73(57)89/h32-37,43-44,83H,13,15,17,19,21,23,25,27,29,31,41-42H2,1-10H3/b56-36-,57-37-,62-59+. The molecular weight excluding hydrogens is 1220 g/mol. The van der Waals surface area contributed by atoms with Crippen molar-refractivity contribution >= 4 is 153 Å². The topological polar surface area (TPSA) is 161 Å². The number of hydrogen-bond donors (Lipinski definition) is 1. The summed E-state index contributed by atoms with van der Waals surface area (Å²) in [4.78, 5) is 38.0. The molecule has 3 aromatic carbocycles. The van der Waals surface area contributed by atoms with Crippen LogP contribution in [0, 0.1) is 139 Å². The van der Waals surface area contributed by atoms with E-state index in [0.717, 1.165) is 121 Å². The number of hydrogen-bond acceptors (Lipinski definition) is 11. The number of aromatic nitrogens is 5. The van der Waals surface area contributed by atoms with Crippen molar-refractivity contribution in [3.05, 3.63) is 124 Å². The second-order valence-corrected chi connectivity index (χ2v) is 28.4. The fraction of sp³-hybridized carbons (Fsp3) is 0.308. The number of aromatic amines is 1. The first kappa shape index (κ1) is 63.2. The monoisotopic (exact) mass is 1290 g/mol. The lowest BCUT2D eigenvalue weighted by Gasteiger charge is -2.15. The lowest BCUT2D eigenvalue weighted by Crippen LogP contribution is -2.08. The first-order valence-corrected chi connectivity index (χ1v) is 34.7. The maximum atomic E-state index is 14.8. The van der Waals surface area contributed by atoms with Crippen LogP contribution in [-0.2, 0) is 19.5 Å². The summed E-state index contributed by atoms with van der Waals surface area (Å²) in [6.07, 6.45) is 15.2. The van der Waals surface area contributed by atoms with Gasteiger partial charge in [-0.1, -0.05) is 104 Å². The average molecular weight is 1290 g/mol. The van der Waals surface area contributed by atoms with Crippen molar-refractivity contribution in [1.82, 2.24) is 22.9 Å².